The van der Waals surface area contributed by atoms with Crippen molar-refractivity contribution in [2.24, 2.45) is 10.8 Å². The number of hydrogen-bond donors (Lipinski definition) is 3. The second kappa shape index (κ2) is 5.95. The predicted octanol–water partition coefficient (Wildman–Crippen LogP) is 3.19. The molecule has 5 rings (SSSR count). The molecule has 3 saturated carbocycles. The number of alkyl halides is 3. The second-order valence-electron chi connectivity index (χ2n) is 7.78. The van der Waals surface area contributed by atoms with E-state index in [-0.39, 0.29) is 31.4 Å². The minimum absolute atomic E-state index is 0.0104. The molecule has 28 heavy (non-hydrogen) atoms. The molecule has 2 bridgehead atoms. The van der Waals surface area contributed by atoms with Crippen LogP contribution in [0.25, 0.3) is 0 Å². The zero-order valence-corrected chi connectivity index (χ0v) is 15.0. The maximum atomic E-state index is 14.6. The summed E-state index contributed by atoms with van der Waals surface area (Å²) in [5.41, 5.74) is -2.99. The lowest BCUT2D eigenvalue weighted by atomic mass is 9.32. The van der Waals surface area contributed by atoms with E-state index in [4.69, 9.17) is 11.6 Å². The van der Waals surface area contributed by atoms with E-state index in [0.717, 1.165) is 12.1 Å². The van der Waals surface area contributed by atoms with E-state index in [1.165, 1.54) is 0 Å². The molecule has 1 saturated heterocycles. The van der Waals surface area contributed by atoms with Crippen molar-refractivity contribution in [1.29, 1.82) is 0 Å². The molecular formula is C17H15ClF5N3O2. The fourth-order valence-corrected chi connectivity index (χ4v) is 4.83. The Kier molecular flexibility index (Phi) is 4.08. The van der Waals surface area contributed by atoms with E-state index in [1.54, 1.807) is 0 Å². The molecule has 1 aromatic rings. The second-order valence-corrected chi connectivity index (χ2v) is 8.16. The van der Waals surface area contributed by atoms with Gasteiger partial charge in [-0.3, -0.25) is 4.79 Å². The molecule has 5 nitrogen and oxygen atoms in total. The molecule has 3 aliphatic carbocycles. The van der Waals surface area contributed by atoms with Crippen LogP contribution in [-0.2, 0) is 4.79 Å². The Bertz CT molecular complexity index is 855. The largest absolute Gasteiger partial charge is 0.394 e. The summed E-state index contributed by atoms with van der Waals surface area (Å²) in [6.45, 7) is -0.0104. The molecule has 3 amide bonds. The van der Waals surface area contributed by atoms with Crippen LogP contribution in [-0.4, -0.2) is 30.7 Å². The number of benzene rings is 1. The molecule has 1 aromatic carbocycles. The third-order valence-electron chi connectivity index (χ3n) is 6.04. The number of carbonyl (C=O) groups is 2. The Morgan fingerprint density at radius 3 is 2.43 bits per heavy atom. The number of hydrogen-bond acceptors (Lipinski definition) is 2. The molecule has 152 valence electrons. The first kappa shape index (κ1) is 19.2. The van der Waals surface area contributed by atoms with E-state index < -0.39 is 57.7 Å². The standard InChI is InChI=1S/C17H15ClF5N3O2/c18-10-8(19)2-1-7(11(10)20)12(26-13(27)9-3-24-14(28)25-9)15-4-16(5-15,6-15)17(21,22)23/h1-2,9,12H,3-6H2,(H,26,27)(H2,24,25,28)/t9-,12-,15?,16?/m0/s1. The first-order chi connectivity index (χ1) is 13.0. The van der Waals surface area contributed by atoms with Crippen molar-refractivity contribution < 1.29 is 31.5 Å². The van der Waals surface area contributed by atoms with Gasteiger partial charge in [0.15, 0.2) is 0 Å². The van der Waals surface area contributed by atoms with E-state index in [0.29, 0.717) is 0 Å². The summed E-state index contributed by atoms with van der Waals surface area (Å²) in [4.78, 5) is 23.7. The molecule has 1 heterocycles. The first-order valence-electron chi connectivity index (χ1n) is 8.53. The number of halogens is 6. The molecular weight excluding hydrogens is 409 g/mol. The molecule has 4 fully saturated rings. The topological polar surface area (TPSA) is 70.2 Å². The SMILES string of the molecule is O=C1NC[C@@H](C(=O)N[C@@H](c2ccc(F)c(Cl)c2F)C23CC(C(F)(F)F)(C2)C3)N1. The highest BCUT2D eigenvalue weighted by Gasteiger charge is 2.80. The highest BCUT2D eigenvalue weighted by molar-refractivity contribution is 6.31. The molecule has 0 radical (unpaired) electrons. The maximum Gasteiger partial charge on any atom is 0.394 e. The Labute approximate surface area is 161 Å². The van der Waals surface area contributed by atoms with Crippen molar-refractivity contribution in [3.8, 4) is 0 Å². The average molecular weight is 424 g/mol. The van der Waals surface area contributed by atoms with Crippen LogP contribution in [0.1, 0.15) is 30.9 Å². The van der Waals surface area contributed by atoms with Gasteiger partial charge in [0.1, 0.15) is 22.7 Å². The van der Waals surface area contributed by atoms with E-state index in [1.807, 2.05) is 0 Å². The van der Waals surface area contributed by atoms with Crippen LogP contribution in [0.5, 0.6) is 0 Å². The van der Waals surface area contributed by atoms with Crippen LogP contribution < -0.4 is 16.0 Å². The Morgan fingerprint density at radius 2 is 1.89 bits per heavy atom. The lowest BCUT2D eigenvalue weighted by Gasteiger charge is -2.73. The van der Waals surface area contributed by atoms with Crippen LogP contribution >= 0.6 is 11.6 Å². The van der Waals surface area contributed by atoms with Gasteiger partial charge in [-0.2, -0.15) is 13.2 Å². The molecule has 0 spiro atoms. The van der Waals surface area contributed by atoms with Gasteiger partial charge in [0.2, 0.25) is 5.91 Å². The van der Waals surface area contributed by atoms with Crippen LogP contribution in [0.2, 0.25) is 5.02 Å². The number of amides is 3. The van der Waals surface area contributed by atoms with Gasteiger partial charge in [-0.25, -0.2) is 13.6 Å². The fourth-order valence-electron chi connectivity index (χ4n) is 4.65. The predicted molar refractivity (Wildman–Crippen MR) is 87.3 cm³/mol. The van der Waals surface area contributed by atoms with E-state index in [9.17, 15) is 31.5 Å². The van der Waals surface area contributed by atoms with Gasteiger partial charge in [-0.1, -0.05) is 17.7 Å². The van der Waals surface area contributed by atoms with Crippen LogP contribution in [0.15, 0.2) is 12.1 Å². The molecule has 0 unspecified atom stereocenters. The third-order valence-corrected chi connectivity index (χ3v) is 6.38. The Balaban J connectivity index is 1.63. The normalized spacial score (nSPS) is 31.9. The third kappa shape index (κ3) is 2.64. The molecule has 0 aromatic heterocycles. The van der Waals surface area contributed by atoms with Gasteiger partial charge in [0.05, 0.1) is 11.5 Å². The van der Waals surface area contributed by atoms with Crippen LogP contribution in [0, 0.1) is 22.5 Å². The van der Waals surface area contributed by atoms with E-state index in [2.05, 4.69) is 16.0 Å². The molecule has 11 heteroatoms. The lowest BCUT2D eigenvalue weighted by Crippen LogP contribution is -2.72. The summed E-state index contributed by atoms with van der Waals surface area (Å²) in [5.74, 6) is -2.80. The van der Waals surface area contributed by atoms with Gasteiger partial charge < -0.3 is 16.0 Å². The van der Waals surface area contributed by atoms with Crippen molar-refractivity contribution >= 4 is 23.5 Å². The van der Waals surface area contributed by atoms with E-state index >= 15 is 0 Å². The Morgan fingerprint density at radius 1 is 1.25 bits per heavy atom. The average Bonchev–Trinajstić information content (AvgIpc) is 2.95. The highest BCUT2D eigenvalue weighted by atomic mass is 35.5. The number of nitrogens with one attached hydrogen (secondary N) is 3. The summed E-state index contributed by atoms with van der Waals surface area (Å²) < 4.78 is 67.8. The molecule has 2 atom stereocenters. The molecule has 3 N–H and O–H groups in total. The zero-order chi connectivity index (χ0) is 20.5. The highest BCUT2D eigenvalue weighted by Crippen LogP contribution is 2.81. The summed E-state index contributed by atoms with van der Waals surface area (Å²) >= 11 is 5.62. The van der Waals surface area contributed by atoms with Gasteiger partial charge in [-0.15, -0.1) is 0 Å². The number of urea groups is 1. The number of carbonyl (C=O) groups excluding carboxylic acids is 2. The fraction of sp³-hybridized carbons (Fsp3) is 0.529. The first-order valence-corrected chi connectivity index (χ1v) is 8.91. The van der Waals surface area contributed by atoms with Crippen molar-refractivity contribution in [1.82, 2.24) is 16.0 Å². The summed E-state index contributed by atoms with van der Waals surface area (Å²) in [6.07, 6.45) is -5.18. The van der Waals surface area contributed by atoms with Crippen LogP contribution in [0.3, 0.4) is 0 Å². The minimum atomic E-state index is -4.38. The van der Waals surface area contributed by atoms with Crippen LogP contribution in [0.4, 0.5) is 26.7 Å². The van der Waals surface area contributed by atoms with Crippen molar-refractivity contribution in [3.05, 3.63) is 34.4 Å². The quantitative estimate of drug-likeness (QED) is 0.514. The van der Waals surface area contributed by atoms with Gasteiger partial charge >= 0.3 is 12.2 Å². The smallest absolute Gasteiger partial charge is 0.347 e. The Hall–Kier alpha value is -2.10. The molecule has 4 aliphatic rings. The maximum absolute atomic E-state index is 14.6. The lowest BCUT2D eigenvalue weighted by molar-refractivity contribution is -0.370. The van der Waals surface area contributed by atoms with Gasteiger partial charge in [0.25, 0.3) is 0 Å². The summed E-state index contributed by atoms with van der Waals surface area (Å²) in [5, 5.41) is 6.51. The summed E-state index contributed by atoms with van der Waals surface area (Å²) in [6, 6.07) is -0.649. The van der Waals surface area contributed by atoms with Crippen molar-refractivity contribution in [3.63, 3.8) is 0 Å². The summed E-state index contributed by atoms with van der Waals surface area (Å²) in [7, 11) is 0. The van der Waals surface area contributed by atoms with Gasteiger partial charge in [-0.05, 0) is 30.7 Å². The monoisotopic (exact) mass is 423 g/mol. The molecule has 1 aliphatic heterocycles. The number of rotatable bonds is 4. The van der Waals surface area contributed by atoms with Crippen molar-refractivity contribution in [2.75, 3.05) is 6.54 Å². The van der Waals surface area contributed by atoms with Gasteiger partial charge in [0, 0.05) is 12.1 Å². The minimum Gasteiger partial charge on any atom is -0.347 e. The van der Waals surface area contributed by atoms with Crippen molar-refractivity contribution in [2.45, 2.75) is 37.5 Å². The zero-order valence-electron chi connectivity index (χ0n) is 14.2.